The molecule has 0 radical (unpaired) electrons. The predicted molar refractivity (Wildman–Crippen MR) is 85.2 cm³/mol. The molecule has 5 nitrogen and oxygen atoms in total. The molecule has 0 bridgehead atoms. The number of carbonyl (C=O) groups is 3. The Hall–Kier alpha value is -2.69. The maximum Gasteiger partial charge on any atom is 0.228 e. The number of Topliss-reactive ketones (excluding diaryl/α,β-unsaturated/α-hetero) is 1. The van der Waals surface area contributed by atoms with Crippen LogP contribution in [0.2, 0.25) is 0 Å². The van der Waals surface area contributed by atoms with Crippen LogP contribution >= 0.6 is 0 Å². The highest BCUT2D eigenvalue weighted by molar-refractivity contribution is 6.25. The summed E-state index contributed by atoms with van der Waals surface area (Å²) >= 11 is 0. The monoisotopic (exact) mass is 298 g/mol. The van der Waals surface area contributed by atoms with Crippen molar-refractivity contribution in [2.24, 2.45) is 0 Å². The van der Waals surface area contributed by atoms with E-state index in [0.717, 1.165) is 5.56 Å². The number of allylic oxidation sites excluding steroid dienone is 3. The Bertz CT molecular complexity index is 757. The largest absolute Gasteiger partial charge is 0.399 e. The van der Waals surface area contributed by atoms with Gasteiger partial charge in [0.05, 0.1) is 0 Å². The van der Waals surface area contributed by atoms with E-state index in [0.29, 0.717) is 16.9 Å². The molecule has 0 heterocycles. The zero-order valence-electron chi connectivity index (χ0n) is 13.1. The summed E-state index contributed by atoms with van der Waals surface area (Å²) in [5, 5.41) is 0. The average molecular weight is 298 g/mol. The van der Waals surface area contributed by atoms with Crippen LogP contribution < -0.4 is 10.6 Å². The Morgan fingerprint density at radius 3 is 2.32 bits per heavy atom. The quantitative estimate of drug-likeness (QED) is 0.671. The van der Waals surface area contributed by atoms with Crippen molar-refractivity contribution in [3.05, 3.63) is 46.7 Å². The van der Waals surface area contributed by atoms with Gasteiger partial charge in [0.2, 0.25) is 11.7 Å². The number of benzene rings is 1. The third kappa shape index (κ3) is 2.57. The summed E-state index contributed by atoms with van der Waals surface area (Å²) in [6.45, 7) is 6.32. The van der Waals surface area contributed by atoms with Crippen molar-refractivity contribution in [2.75, 3.05) is 10.6 Å². The number of rotatable bonds is 2. The normalized spacial score (nSPS) is 15.0. The maximum absolute atomic E-state index is 12.3. The molecule has 1 aliphatic rings. The van der Waals surface area contributed by atoms with Crippen LogP contribution in [0.1, 0.15) is 26.3 Å². The van der Waals surface area contributed by atoms with Crippen molar-refractivity contribution in [2.45, 2.75) is 27.7 Å². The summed E-state index contributed by atoms with van der Waals surface area (Å²) in [6, 6.07) is 5.06. The SMILES string of the molecule is CC(=O)N(C1=C(C)C(=O)C(C)=CC1=O)c1ccc(N)c(C)c1. The lowest BCUT2D eigenvalue weighted by Crippen LogP contribution is -2.35. The first-order valence-corrected chi connectivity index (χ1v) is 6.89. The van der Waals surface area contributed by atoms with E-state index in [-0.39, 0.29) is 28.7 Å². The summed E-state index contributed by atoms with van der Waals surface area (Å²) in [6.07, 6.45) is 1.27. The van der Waals surface area contributed by atoms with Gasteiger partial charge in [-0.15, -0.1) is 0 Å². The van der Waals surface area contributed by atoms with Gasteiger partial charge in [-0.1, -0.05) is 0 Å². The summed E-state index contributed by atoms with van der Waals surface area (Å²) in [4.78, 5) is 37.8. The molecule has 0 atom stereocenters. The van der Waals surface area contributed by atoms with Crippen LogP contribution in [-0.4, -0.2) is 17.5 Å². The van der Waals surface area contributed by atoms with Crippen LogP contribution in [0.25, 0.3) is 0 Å². The molecular weight excluding hydrogens is 280 g/mol. The Labute approximate surface area is 129 Å². The topological polar surface area (TPSA) is 80.5 Å². The third-order valence-corrected chi connectivity index (χ3v) is 3.69. The molecule has 0 aromatic heterocycles. The van der Waals surface area contributed by atoms with Crippen molar-refractivity contribution < 1.29 is 14.4 Å². The first-order valence-electron chi connectivity index (χ1n) is 6.89. The van der Waals surface area contributed by atoms with Crippen molar-refractivity contribution in [1.82, 2.24) is 0 Å². The van der Waals surface area contributed by atoms with Gasteiger partial charge in [0.1, 0.15) is 5.70 Å². The molecule has 0 saturated carbocycles. The summed E-state index contributed by atoms with van der Waals surface area (Å²) < 4.78 is 0. The van der Waals surface area contributed by atoms with Gasteiger partial charge in [-0.25, -0.2) is 0 Å². The second-order valence-corrected chi connectivity index (χ2v) is 5.39. The lowest BCUT2D eigenvalue weighted by molar-refractivity contribution is -0.118. The molecule has 114 valence electrons. The molecular formula is C17H18N2O3. The molecule has 0 aliphatic heterocycles. The number of carbonyl (C=O) groups excluding carboxylic acids is 3. The van der Waals surface area contributed by atoms with Gasteiger partial charge in [-0.3, -0.25) is 19.3 Å². The molecule has 0 saturated heterocycles. The highest BCUT2D eigenvalue weighted by atomic mass is 16.2. The lowest BCUT2D eigenvalue weighted by atomic mass is 9.94. The minimum atomic E-state index is -0.348. The fourth-order valence-electron chi connectivity index (χ4n) is 2.46. The molecule has 1 aliphatic carbocycles. The fourth-order valence-corrected chi connectivity index (χ4v) is 2.46. The first-order chi connectivity index (χ1) is 10.2. The smallest absolute Gasteiger partial charge is 0.228 e. The molecule has 5 heteroatoms. The van der Waals surface area contributed by atoms with Crippen molar-refractivity contribution in [3.63, 3.8) is 0 Å². The molecule has 0 spiro atoms. The minimum Gasteiger partial charge on any atom is -0.399 e. The van der Waals surface area contributed by atoms with E-state index in [4.69, 9.17) is 5.73 Å². The zero-order chi connectivity index (χ0) is 16.6. The van der Waals surface area contributed by atoms with Gasteiger partial charge in [0.15, 0.2) is 5.78 Å². The first kappa shape index (κ1) is 15.7. The fraction of sp³-hybridized carbons (Fsp3) is 0.235. The zero-order valence-corrected chi connectivity index (χ0v) is 13.1. The predicted octanol–water partition coefficient (Wildman–Crippen LogP) is 2.30. The van der Waals surface area contributed by atoms with E-state index in [1.165, 1.54) is 17.9 Å². The molecule has 2 rings (SSSR count). The third-order valence-electron chi connectivity index (χ3n) is 3.69. The van der Waals surface area contributed by atoms with Crippen LogP contribution in [0.5, 0.6) is 0 Å². The Balaban J connectivity index is 2.62. The van der Waals surface area contributed by atoms with Crippen LogP contribution in [0.4, 0.5) is 11.4 Å². The van der Waals surface area contributed by atoms with Crippen LogP contribution in [-0.2, 0) is 14.4 Å². The van der Waals surface area contributed by atoms with Crippen molar-refractivity contribution in [3.8, 4) is 0 Å². The van der Waals surface area contributed by atoms with E-state index in [2.05, 4.69) is 0 Å². The summed E-state index contributed by atoms with van der Waals surface area (Å²) in [5.41, 5.74) is 8.46. The van der Waals surface area contributed by atoms with Gasteiger partial charge in [0.25, 0.3) is 0 Å². The second-order valence-electron chi connectivity index (χ2n) is 5.39. The number of amides is 1. The number of hydrogen-bond acceptors (Lipinski definition) is 4. The van der Waals surface area contributed by atoms with Gasteiger partial charge in [-0.05, 0) is 50.6 Å². The number of nitrogen functional groups attached to an aromatic ring is 1. The average Bonchev–Trinajstić information content (AvgIpc) is 2.44. The van der Waals surface area contributed by atoms with Gasteiger partial charge >= 0.3 is 0 Å². The minimum absolute atomic E-state index is 0.104. The van der Waals surface area contributed by atoms with Gasteiger partial charge < -0.3 is 5.73 Å². The second kappa shape index (κ2) is 5.60. The van der Waals surface area contributed by atoms with Gasteiger partial charge in [-0.2, -0.15) is 0 Å². The molecule has 1 aromatic carbocycles. The standard InChI is InChI=1S/C17H18N2O3/c1-9-7-13(5-6-14(9)18)19(12(4)20)16-11(3)17(22)10(2)8-15(16)21/h5-8H,18H2,1-4H3. The molecule has 22 heavy (non-hydrogen) atoms. The van der Waals surface area contributed by atoms with E-state index < -0.39 is 0 Å². The molecule has 0 unspecified atom stereocenters. The number of nitrogens with zero attached hydrogens (tertiary/aromatic N) is 1. The van der Waals surface area contributed by atoms with Crippen molar-refractivity contribution in [1.29, 1.82) is 0 Å². The number of nitrogens with two attached hydrogens (primary N) is 1. The molecule has 0 fully saturated rings. The van der Waals surface area contributed by atoms with E-state index in [1.807, 2.05) is 6.92 Å². The van der Waals surface area contributed by atoms with Crippen molar-refractivity contribution >= 4 is 28.8 Å². The lowest BCUT2D eigenvalue weighted by Gasteiger charge is -2.27. The van der Waals surface area contributed by atoms with E-state index >= 15 is 0 Å². The van der Waals surface area contributed by atoms with Crippen LogP contribution in [0, 0.1) is 6.92 Å². The van der Waals surface area contributed by atoms with Gasteiger partial charge in [0, 0.05) is 29.4 Å². The molecule has 1 amide bonds. The number of aryl methyl sites for hydroxylation is 1. The summed E-state index contributed by atoms with van der Waals surface area (Å²) in [7, 11) is 0. The highest BCUT2D eigenvalue weighted by Gasteiger charge is 2.30. The number of anilines is 2. The van der Waals surface area contributed by atoms with Crippen LogP contribution in [0.15, 0.2) is 41.1 Å². The maximum atomic E-state index is 12.3. The molecule has 2 N–H and O–H groups in total. The van der Waals surface area contributed by atoms with Crippen LogP contribution in [0.3, 0.4) is 0 Å². The number of ketones is 2. The number of hydrogen-bond donors (Lipinski definition) is 1. The Morgan fingerprint density at radius 2 is 1.77 bits per heavy atom. The molecule has 1 aromatic rings. The summed E-state index contributed by atoms with van der Waals surface area (Å²) in [5.74, 6) is -0.917. The Morgan fingerprint density at radius 1 is 1.14 bits per heavy atom. The van der Waals surface area contributed by atoms with E-state index in [1.54, 1.807) is 32.0 Å². The van der Waals surface area contributed by atoms with E-state index in [9.17, 15) is 14.4 Å². The highest BCUT2D eigenvalue weighted by Crippen LogP contribution is 2.29. The Kier molecular flexibility index (Phi) is 3.99.